The molecule has 0 aromatic heterocycles. The largest absolute Gasteiger partial charge is 0.297 e. The Morgan fingerprint density at radius 2 is 2.08 bits per heavy atom. The molecule has 0 radical (unpaired) electrons. The van der Waals surface area contributed by atoms with Gasteiger partial charge in [-0.05, 0) is 50.5 Å². The van der Waals surface area contributed by atoms with Gasteiger partial charge in [-0.1, -0.05) is 6.92 Å². The van der Waals surface area contributed by atoms with Gasteiger partial charge in [0.15, 0.2) is 0 Å². The van der Waals surface area contributed by atoms with Crippen LogP contribution in [0.25, 0.3) is 0 Å². The highest BCUT2D eigenvalue weighted by Crippen LogP contribution is 2.47. The van der Waals surface area contributed by atoms with Gasteiger partial charge < -0.3 is 0 Å². The predicted molar refractivity (Wildman–Crippen MR) is 50.0 cm³/mol. The van der Waals surface area contributed by atoms with Crippen molar-refractivity contribution in [3.05, 3.63) is 0 Å². The van der Waals surface area contributed by atoms with E-state index in [0.717, 1.165) is 23.9 Å². The Morgan fingerprint density at radius 3 is 3.00 bits per heavy atom. The van der Waals surface area contributed by atoms with Crippen LogP contribution in [-0.4, -0.2) is 23.5 Å². The summed E-state index contributed by atoms with van der Waals surface area (Å²) in [6, 6.07) is 2.00. The third kappa shape index (κ3) is 0.834. The molecule has 0 amide bonds. The van der Waals surface area contributed by atoms with Crippen molar-refractivity contribution in [2.45, 2.75) is 51.1 Å². The van der Waals surface area contributed by atoms with E-state index >= 15 is 0 Å². The number of nitrogens with zero attached hydrogens (tertiary/aromatic N) is 1. The van der Waals surface area contributed by atoms with Crippen LogP contribution in [0.5, 0.6) is 0 Å². The fourth-order valence-corrected chi connectivity index (χ4v) is 3.99. The highest BCUT2D eigenvalue weighted by molar-refractivity contribution is 5.02. The summed E-state index contributed by atoms with van der Waals surface area (Å²) < 4.78 is 0. The predicted octanol–water partition coefficient (Wildman–Crippen LogP) is 2.27. The van der Waals surface area contributed by atoms with Gasteiger partial charge in [0.25, 0.3) is 0 Å². The Kier molecular flexibility index (Phi) is 1.52. The number of rotatable bonds is 0. The molecule has 12 heavy (non-hydrogen) atoms. The van der Waals surface area contributed by atoms with E-state index in [0.29, 0.717) is 0 Å². The normalized spacial score (nSPS) is 52.8. The molecule has 1 saturated carbocycles. The summed E-state index contributed by atoms with van der Waals surface area (Å²) >= 11 is 0. The van der Waals surface area contributed by atoms with Crippen molar-refractivity contribution in [3.63, 3.8) is 0 Å². The molecule has 2 saturated heterocycles. The third-order valence-corrected chi connectivity index (χ3v) is 4.44. The lowest BCUT2D eigenvalue weighted by Gasteiger charge is -2.26. The highest BCUT2D eigenvalue weighted by Gasteiger charge is 2.48. The second-order valence-corrected chi connectivity index (χ2v) is 5.07. The molecule has 68 valence electrons. The Labute approximate surface area is 75.1 Å². The first-order chi connectivity index (χ1) is 5.86. The third-order valence-electron chi connectivity index (χ3n) is 4.44. The first-order valence-electron chi connectivity index (χ1n) is 5.62. The molecule has 0 unspecified atom stereocenters. The smallest absolute Gasteiger partial charge is 0.0153 e. The molecule has 3 fully saturated rings. The quantitative estimate of drug-likeness (QED) is 0.532. The minimum absolute atomic E-state index is 0.998. The molecule has 0 aromatic rings. The second-order valence-electron chi connectivity index (χ2n) is 5.07. The molecule has 0 spiro atoms. The van der Waals surface area contributed by atoms with Crippen LogP contribution in [0, 0.1) is 11.8 Å². The van der Waals surface area contributed by atoms with Crippen LogP contribution < -0.4 is 0 Å². The van der Waals surface area contributed by atoms with Crippen molar-refractivity contribution in [1.29, 1.82) is 0 Å². The average molecular weight is 165 g/mol. The molecule has 1 nitrogen and oxygen atoms in total. The van der Waals surface area contributed by atoms with Crippen LogP contribution in [0.3, 0.4) is 0 Å². The zero-order valence-electron chi connectivity index (χ0n) is 8.00. The summed E-state index contributed by atoms with van der Waals surface area (Å²) in [5.41, 5.74) is 0. The first kappa shape index (κ1) is 7.37. The Hall–Kier alpha value is -0.0400. The first-order valence-corrected chi connectivity index (χ1v) is 5.62. The van der Waals surface area contributed by atoms with Crippen LogP contribution in [0.2, 0.25) is 0 Å². The van der Waals surface area contributed by atoms with Crippen molar-refractivity contribution in [1.82, 2.24) is 4.90 Å². The molecule has 1 aliphatic carbocycles. The Balaban J connectivity index is 1.85. The molecule has 2 aliphatic heterocycles. The maximum absolute atomic E-state index is 2.84. The van der Waals surface area contributed by atoms with Gasteiger partial charge >= 0.3 is 0 Å². The van der Waals surface area contributed by atoms with Gasteiger partial charge in [-0.3, -0.25) is 4.90 Å². The summed E-state index contributed by atoms with van der Waals surface area (Å²) in [6.45, 7) is 3.88. The average Bonchev–Trinajstić information content (AvgIpc) is 2.61. The van der Waals surface area contributed by atoms with E-state index in [-0.39, 0.29) is 0 Å². The van der Waals surface area contributed by atoms with Crippen molar-refractivity contribution >= 4 is 0 Å². The van der Waals surface area contributed by atoms with E-state index in [1.165, 1.54) is 38.6 Å². The zero-order valence-corrected chi connectivity index (χ0v) is 8.00. The molecule has 3 aliphatic rings. The maximum atomic E-state index is 2.84. The Bertz CT molecular complexity index is 189. The SMILES string of the molecule is C[C@H]1CC[C@H]2C[C@@H]3CCCN3[C@H]21. The minimum atomic E-state index is 0.998. The number of hydrogen-bond acceptors (Lipinski definition) is 1. The van der Waals surface area contributed by atoms with Gasteiger partial charge in [0.05, 0.1) is 0 Å². The Morgan fingerprint density at radius 1 is 1.17 bits per heavy atom. The van der Waals surface area contributed by atoms with Crippen LogP contribution >= 0.6 is 0 Å². The summed E-state index contributed by atoms with van der Waals surface area (Å²) in [6.07, 6.45) is 7.53. The van der Waals surface area contributed by atoms with E-state index < -0.39 is 0 Å². The van der Waals surface area contributed by atoms with E-state index in [4.69, 9.17) is 0 Å². The van der Waals surface area contributed by atoms with Crippen LogP contribution in [0.15, 0.2) is 0 Å². The highest BCUT2D eigenvalue weighted by atomic mass is 15.2. The van der Waals surface area contributed by atoms with Gasteiger partial charge in [0, 0.05) is 12.1 Å². The molecular formula is C11H19N. The van der Waals surface area contributed by atoms with Crippen molar-refractivity contribution in [2.75, 3.05) is 6.54 Å². The lowest BCUT2D eigenvalue weighted by molar-refractivity contribution is 0.198. The van der Waals surface area contributed by atoms with Gasteiger partial charge in [0.2, 0.25) is 0 Å². The summed E-state index contributed by atoms with van der Waals surface area (Å²) in [5.74, 6) is 2.09. The molecule has 0 bridgehead atoms. The topological polar surface area (TPSA) is 3.24 Å². The number of hydrogen-bond donors (Lipinski definition) is 0. The van der Waals surface area contributed by atoms with Crippen LogP contribution in [-0.2, 0) is 0 Å². The molecule has 0 N–H and O–H groups in total. The van der Waals surface area contributed by atoms with Gasteiger partial charge in [-0.2, -0.15) is 0 Å². The van der Waals surface area contributed by atoms with Crippen LogP contribution in [0.4, 0.5) is 0 Å². The molecule has 1 heteroatoms. The van der Waals surface area contributed by atoms with E-state index in [9.17, 15) is 0 Å². The van der Waals surface area contributed by atoms with Crippen LogP contribution in [0.1, 0.15) is 39.0 Å². The van der Waals surface area contributed by atoms with Gasteiger partial charge in [-0.15, -0.1) is 0 Å². The van der Waals surface area contributed by atoms with Crippen molar-refractivity contribution < 1.29 is 0 Å². The molecule has 3 rings (SSSR count). The van der Waals surface area contributed by atoms with E-state index in [1.807, 2.05) is 0 Å². The van der Waals surface area contributed by atoms with Gasteiger partial charge in [0.1, 0.15) is 0 Å². The lowest BCUT2D eigenvalue weighted by atomic mass is 9.98. The summed E-state index contributed by atoms with van der Waals surface area (Å²) in [7, 11) is 0. The van der Waals surface area contributed by atoms with Gasteiger partial charge in [-0.25, -0.2) is 0 Å². The van der Waals surface area contributed by atoms with Crippen molar-refractivity contribution in [2.24, 2.45) is 11.8 Å². The second kappa shape index (κ2) is 2.47. The monoisotopic (exact) mass is 165 g/mol. The fraction of sp³-hybridized carbons (Fsp3) is 1.00. The van der Waals surface area contributed by atoms with Crippen molar-refractivity contribution in [3.8, 4) is 0 Å². The molecule has 2 heterocycles. The molecule has 0 aromatic carbocycles. The van der Waals surface area contributed by atoms with E-state index in [1.54, 1.807) is 0 Å². The minimum Gasteiger partial charge on any atom is -0.297 e. The van der Waals surface area contributed by atoms with E-state index in [2.05, 4.69) is 11.8 Å². The molecular weight excluding hydrogens is 146 g/mol. The fourth-order valence-electron chi connectivity index (χ4n) is 3.99. The lowest BCUT2D eigenvalue weighted by Crippen LogP contribution is -2.35. The summed E-state index contributed by atoms with van der Waals surface area (Å²) in [4.78, 5) is 2.84. The maximum Gasteiger partial charge on any atom is 0.0153 e. The zero-order chi connectivity index (χ0) is 8.13. The molecule has 4 atom stereocenters. The number of fused-ring (bicyclic) bond motifs is 3. The standard InChI is InChI=1S/C11H19N/c1-8-4-5-9-7-10-3-2-6-12(10)11(8)9/h8-11H,2-7H2,1H3/t8-,9-,10-,11-/m0/s1. The summed E-state index contributed by atoms with van der Waals surface area (Å²) in [5, 5.41) is 0.